The molecule has 0 N–H and O–H groups in total. The highest BCUT2D eigenvalue weighted by molar-refractivity contribution is 5.82. The van der Waals surface area contributed by atoms with E-state index in [1.807, 2.05) is 30.3 Å². The number of hydrogen-bond donors (Lipinski definition) is 0. The third-order valence-corrected chi connectivity index (χ3v) is 3.51. The van der Waals surface area contributed by atoms with Gasteiger partial charge in [-0.15, -0.1) is 0 Å². The van der Waals surface area contributed by atoms with Gasteiger partial charge in [-0.05, 0) is 24.3 Å². The van der Waals surface area contributed by atoms with Crippen molar-refractivity contribution in [3.63, 3.8) is 0 Å². The number of benzene rings is 1. The maximum Gasteiger partial charge on any atom is 0.389 e. The molecule has 2 rings (SSSR count). The van der Waals surface area contributed by atoms with Gasteiger partial charge in [-0.2, -0.15) is 13.2 Å². The van der Waals surface area contributed by atoms with Crippen LogP contribution in [0.2, 0.25) is 0 Å². The molecule has 0 saturated heterocycles. The minimum absolute atomic E-state index is 0.0799. The van der Waals surface area contributed by atoms with E-state index in [-0.39, 0.29) is 18.1 Å². The number of carbonyl (C=O) groups excluding carboxylic acids is 1. The summed E-state index contributed by atoms with van der Waals surface area (Å²) >= 11 is 0. The average molecular weight is 256 g/mol. The lowest BCUT2D eigenvalue weighted by molar-refractivity contribution is -0.155. The van der Waals surface area contributed by atoms with E-state index in [1.54, 1.807) is 0 Å². The summed E-state index contributed by atoms with van der Waals surface area (Å²) in [5.74, 6) is -1.01. The molecule has 1 aromatic carbocycles. The van der Waals surface area contributed by atoms with Gasteiger partial charge >= 0.3 is 6.18 Å². The van der Waals surface area contributed by atoms with Crippen molar-refractivity contribution in [3.8, 4) is 0 Å². The Morgan fingerprint density at radius 2 is 1.83 bits per heavy atom. The first-order valence-electron chi connectivity index (χ1n) is 6.10. The van der Waals surface area contributed by atoms with Crippen LogP contribution in [0.5, 0.6) is 0 Å². The van der Waals surface area contributed by atoms with Crippen LogP contribution in [0, 0.1) is 5.92 Å². The summed E-state index contributed by atoms with van der Waals surface area (Å²) < 4.78 is 37.2. The summed E-state index contributed by atoms with van der Waals surface area (Å²) in [7, 11) is 0. The van der Waals surface area contributed by atoms with Crippen LogP contribution in [0.1, 0.15) is 37.2 Å². The molecular weight excluding hydrogens is 241 g/mol. The number of carbonyl (C=O) groups is 1. The van der Waals surface area contributed by atoms with E-state index in [2.05, 4.69) is 0 Å². The fourth-order valence-electron chi connectivity index (χ4n) is 2.62. The Labute approximate surface area is 104 Å². The van der Waals surface area contributed by atoms with Crippen molar-refractivity contribution in [1.29, 1.82) is 0 Å². The van der Waals surface area contributed by atoms with Gasteiger partial charge < -0.3 is 0 Å². The van der Waals surface area contributed by atoms with Crippen LogP contribution in [-0.2, 0) is 4.79 Å². The fraction of sp³-hybridized carbons (Fsp3) is 0.500. The number of alkyl halides is 3. The van der Waals surface area contributed by atoms with E-state index in [1.165, 1.54) is 0 Å². The summed E-state index contributed by atoms with van der Waals surface area (Å²) in [6.45, 7) is 0. The lowest BCUT2D eigenvalue weighted by atomic mass is 9.76. The molecule has 0 spiro atoms. The molecule has 1 saturated carbocycles. The van der Waals surface area contributed by atoms with E-state index >= 15 is 0 Å². The van der Waals surface area contributed by atoms with Gasteiger partial charge in [0, 0.05) is 12.3 Å². The van der Waals surface area contributed by atoms with Gasteiger partial charge in [0.15, 0.2) is 0 Å². The van der Waals surface area contributed by atoms with Crippen LogP contribution in [0.3, 0.4) is 0 Å². The average Bonchev–Trinajstić information content (AvgIpc) is 2.31. The Bertz CT molecular complexity index is 411. The molecule has 0 radical (unpaired) electrons. The molecule has 0 amide bonds. The monoisotopic (exact) mass is 256 g/mol. The second kappa shape index (κ2) is 5.12. The lowest BCUT2D eigenvalue weighted by Gasteiger charge is -2.29. The first-order chi connectivity index (χ1) is 8.46. The highest BCUT2D eigenvalue weighted by Crippen LogP contribution is 2.39. The molecule has 2 unspecified atom stereocenters. The fourth-order valence-corrected chi connectivity index (χ4v) is 2.62. The van der Waals surface area contributed by atoms with Gasteiger partial charge in [-0.25, -0.2) is 0 Å². The van der Waals surface area contributed by atoms with Gasteiger partial charge in [0.05, 0.1) is 6.42 Å². The summed E-state index contributed by atoms with van der Waals surface area (Å²) in [6.07, 6.45) is -3.98. The van der Waals surface area contributed by atoms with E-state index in [4.69, 9.17) is 0 Å². The molecule has 1 aliphatic carbocycles. The van der Waals surface area contributed by atoms with Crippen LogP contribution in [-0.4, -0.2) is 12.0 Å². The standard InChI is InChI=1S/C14H15F3O/c15-14(16,17)9-12-8-11(6-7-13(12)18)10-4-2-1-3-5-10/h1-5,11-12H,6-9H2. The van der Waals surface area contributed by atoms with Crippen molar-refractivity contribution in [1.82, 2.24) is 0 Å². The van der Waals surface area contributed by atoms with E-state index in [9.17, 15) is 18.0 Å². The van der Waals surface area contributed by atoms with E-state index < -0.39 is 18.5 Å². The highest BCUT2D eigenvalue weighted by atomic mass is 19.4. The van der Waals surface area contributed by atoms with E-state index in [0.29, 0.717) is 12.8 Å². The van der Waals surface area contributed by atoms with Crippen molar-refractivity contribution in [3.05, 3.63) is 35.9 Å². The molecule has 2 atom stereocenters. The van der Waals surface area contributed by atoms with Crippen molar-refractivity contribution in [2.45, 2.75) is 37.8 Å². The minimum atomic E-state index is -4.25. The Morgan fingerprint density at radius 3 is 2.44 bits per heavy atom. The Morgan fingerprint density at radius 1 is 1.17 bits per heavy atom. The van der Waals surface area contributed by atoms with Crippen molar-refractivity contribution in [2.75, 3.05) is 0 Å². The van der Waals surface area contributed by atoms with Crippen LogP contribution in [0.4, 0.5) is 13.2 Å². The number of ketones is 1. The van der Waals surface area contributed by atoms with Crippen LogP contribution in [0.25, 0.3) is 0 Å². The molecule has 0 heterocycles. The van der Waals surface area contributed by atoms with E-state index in [0.717, 1.165) is 5.56 Å². The maximum atomic E-state index is 12.4. The van der Waals surface area contributed by atoms with Gasteiger partial charge in [-0.3, -0.25) is 4.79 Å². The Balaban J connectivity index is 2.07. The molecule has 1 fully saturated rings. The second-order valence-electron chi connectivity index (χ2n) is 4.86. The summed E-state index contributed by atoms with van der Waals surface area (Å²) in [4.78, 5) is 11.5. The van der Waals surface area contributed by atoms with Crippen molar-refractivity contribution >= 4 is 5.78 Å². The molecule has 4 heteroatoms. The normalized spacial score (nSPS) is 25.2. The van der Waals surface area contributed by atoms with Crippen LogP contribution in [0.15, 0.2) is 30.3 Å². The predicted molar refractivity (Wildman–Crippen MR) is 62.2 cm³/mol. The first-order valence-corrected chi connectivity index (χ1v) is 6.10. The Kier molecular flexibility index (Phi) is 3.73. The first kappa shape index (κ1) is 13.1. The van der Waals surface area contributed by atoms with Crippen LogP contribution >= 0.6 is 0 Å². The lowest BCUT2D eigenvalue weighted by Crippen LogP contribution is -2.28. The summed E-state index contributed by atoms with van der Waals surface area (Å²) in [5.41, 5.74) is 1.04. The molecule has 98 valence electrons. The minimum Gasteiger partial charge on any atom is -0.299 e. The zero-order valence-electron chi connectivity index (χ0n) is 9.91. The number of hydrogen-bond acceptors (Lipinski definition) is 1. The Hall–Kier alpha value is -1.32. The zero-order valence-corrected chi connectivity index (χ0v) is 9.91. The van der Waals surface area contributed by atoms with Gasteiger partial charge in [0.2, 0.25) is 0 Å². The molecule has 1 aliphatic rings. The number of rotatable bonds is 2. The topological polar surface area (TPSA) is 17.1 Å². The maximum absolute atomic E-state index is 12.4. The summed E-state index contributed by atoms with van der Waals surface area (Å²) in [6, 6.07) is 9.48. The van der Waals surface area contributed by atoms with Crippen molar-refractivity contribution in [2.24, 2.45) is 5.92 Å². The molecule has 0 aromatic heterocycles. The molecule has 18 heavy (non-hydrogen) atoms. The van der Waals surface area contributed by atoms with Crippen molar-refractivity contribution < 1.29 is 18.0 Å². The third kappa shape index (κ3) is 3.34. The highest BCUT2D eigenvalue weighted by Gasteiger charge is 2.38. The van der Waals surface area contributed by atoms with Gasteiger partial charge in [0.25, 0.3) is 0 Å². The molecule has 0 aliphatic heterocycles. The number of halogens is 3. The SMILES string of the molecule is O=C1CCC(c2ccccc2)CC1CC(F)(F)F. The molecule has 0 bridgehead atoms. The molecule has 1 nitrogen and oxygen atoms in total. The number of Topliss-reactive ketones (excluding diaryl/α,β-unsaturated/α-hetero) is 1. The van der Waals surface area contributed by atoms with Gasteiger partial charge in [-0.1, -0.05) is 30.3 Å². The summed E-state index contributed by atoms with van der Waals surface area (Å²) in [5, 5.41) is 0. The quantitative estimate of drug-likeness (QED) is 0.778. The second-order valence-corrected chi connectivity index (χ2v) is 4.86. The predicted octanol–water partition coefficient (Wildman–Crippen LogP) is 4.09. The smallest absolute Gasteiger partial charge is 0.299 e. The van der Waals surface area contributed by atoms with Gasteiger partial charge in [0.1, 0.15) is 5.78 Å². The zero-order chi connectivity index (χ0) is 13.2. The van der Waals surface area contributed by atoms with Crippen LogP contribution < -0.4 is 0 Å². The molecular formula is C14H15F3O. The molecule has 1 aromatic rings. The third-order valence-electron chi connectivity index (χ3n) is 3.51. The largest absolute Gasteiger partial charge is 0.389 e.